The van der Waals surface area contributed by atoms with E-state index in [1.807, 2.05) is 4.90 Å². The summed E-state index contributed by atoms with van der Waals surface area (Å²) < 4.78 is 5.53. The van der Waals surface area contributed by atoms with Crippen LogP contribution in [0.25, 0.3) is 0 Å². The third-order valence-electron chi connectivity index (χ3n) is 4.22. The standard InChI is InChI=1S/C14H24N2O4/c1-10-2-6-15-13(10)14(19)16-7-3-11(4-8-16)20-9-5-12(17)18/h10-11,13,15H,2-9H2,1H3,(H,17,18). The van der Waals surface area contributed by atoms with Crippen LogP contribution in [-0.4, -0.2) is 60.3 Å². The van der Waals surface area contributed by atoms with Crippen molar-refractivity contribution in [1.82, 2.24) is 10.2 Å². The molecule has 0 saturated carbocycles. The number of amides is 1. The Labute approximate surface area is 119 Å². The van der Waals surface area contributed by atoms with Gasteiger partial charge < -0.3 is 20.1 Å². The summed E-state index contributed by atoms with van der Waals surface area (Å²) in [4.78, 5) is 24.7. The first kappa shape index (κ1) is 15.3. The van der Waals surface area contributed by atoms with Crippen LogP contribution >= 0.6 is 0 Å². The van der Waals surface area contributed by atoms with E-state index >= 15 is 0 Å². The summed E-state index contributed by atoms with van der Waals surface area (Å²) >= 11 is 0. The van der Waals surface area contributed by atoms with Crippen molar-refractivity contribution in [2.75, 3.05) is 26.2 Å². The minimum Gasteiger partial charge on any atom is -0.481 e. The van der Waals surface area contributed by atoms with E-state index in [2.05, 4.69) is 12.2 Å². The minimum absolute atomic E-state index is 0.0283. The van der Waals surface area contributed by atoms with E-state index in [0.29, 0.717) is 19.0 Å². The van der Waals surface area contributed by atoms with Crippen LogP contribution < -0.4 is 5.32 Å². The quantitative estimate of drug-likeness (QED) is 0.767. The van der Waals surface area contributed by atoms with Gasteiger partial charge in [-0.3, -0.25) is 9.59 Å². The molecular weight excluding hydrogens is 260 g/mol. The highest BCUT2D eigenvalue weighted by Crippen LogP contribution is 2.20. The Kier molecular flexibility index (Phi) is 5.37. The molecule has 2 unspecified atom stereocenters. The van der Waals surface area contributed by atoms with Gasteiger partial charge in [0.05, 0.1) is 25.2 Å². The summed E-state index contributed by atoms with van der Waals surface area (Å²) in [5, 5.41) is 11.8. The Hall–Kier alpha value is -1.14. The molecule has 1 amide bonds. The number of nitrogens with zero attached hydrogens (tertiary/aromatic N) is 1. The van der Waals surface area contributed by atoms with Crippen LogP contribution in [0.5, 0.6) is 0 Å². The predicted octanol–water partition coefficient (Wildman–Crippen LogP) is 0.467. The number of ether oxygens (including phenoxy) is 1. The van der Waals surface area contributed by atoms with Gasteiger partial charge >= 0.3 is 5.97 Å². The lowest BCUT2D eigenvalue weighted by molar-refractivity contribution is -0.139. The lowest BCUT2D eigenvalue weighted by atomic mass is 10.0. The Balaban J connectivity index is 1.71. The molecule has 0 bridgehead atoms. The molecule has 0 aliphatic carbocycles. The fourth-order valence-electron chi connectivity index (χ4n) is 2.92. The second-order valence-electron chi connectivity index (χ2n) is 5.74. The van der Waals surface area contributed by atoms with E-state index in [-0.39, 0.29) is 31.1 Å². The van der Waals surface area contributed by atoms with Gasteiger partial charge in [-0.15, -0.1) is 0 Å². The first-order valence-corrected chi connectivity index (χ1v) is 7.43. The number of piperidine rings is 1. The van der Waals surface area contributed by atoms with Gasteiger partial charge in [0.25, 0.3) is 0 Å². The van der Waals surface area contributed by atoms with Crippen molar-refractivity contribution in [1.29, 1.82) is 0 Å². The van der Waals surface area contributed by atoms with Crippen molar-refractivity contribution in [2.24, 2.45) is 5.92 Å². The molecule has 2 fully saturated rings. The normalized spacial score (nSPS) is 27.8. The summed E-state index contributed by atoms with van der Waals surface area (Å²) in [5.74, 6) is -0.218. The number of aliphatic carboxylic acids is 1. The molecule has 2 heterocycles. The summed E-state index contributed by atoms with van der Waals surface area (Å²) in [6.07, 6.45) is 2.79. The molecule has 2 atom stereocenters. The lowest BCUT2D eigenvalue weighted by Gasteiger charge is -2.34. The Morgan fingerprint density at radius 2 is 2.00 bits per heavy atom. The highest BCUT2D eigenvalue weighted by molar-refractivity contribution is 5.82. The molecule has 114 valence electrons. The maximum atomic E-state index is 12.4. The molecule has 0 aromatic heterocycles. The molecule has 2 aliphatic rings. The van der Waals surface area contributed by atoms with Gasteiger partial charge in [0, 0.05) is 13.1 Å². The zero-order valence-corrected chi connectivity index (χ0v) is 12.0. The van der Waals surface area contributed by atoms with Gasteiger partial charge in [0.2, 0.25) is 5.91 Å². The number of hydrogen-bond donors (Lipinski definition) is 2. The zero-order chi connectivity index (χ0) is 14.5. The number of likely N-dealkylation sites (tertiary alicyclic amines) is 1. The lowest BCUT2D eigenvalue weighted by Crippen LogP contribution is -2.49. The second kappa shape index (κ2) is 7.04. The zero-order valence-electron chi connectivity index (χ0n) is 12.0. The number of carboxylic acids is 1. The number of nitrogens with one attached hydrogen (secondary N) is 1. The SMILES string of the molecule is CC1CCNC1C(=O)N1CCC(OCCC(=O)O)CC1. The largest absolute Gasteiger partial charge is 0.481 e. The Bertz CT molecular complexity index is 353. The topological polar surface area (TPSA) is 78.9 Å². The predicted molar refractivity (Wildman–Crippen MR) is 73.4 cm³/mol. The van der Waals surface area contributed by atoms with Gasteiger partial charge in [-0.2, -0.15) is 0 Å². The highest BCUT2D eigenvalue weighted by atomic mass is 16.5. The third kappa shape index (κ3) is 3.93. The van der Waals surface area contributed by atoms with Gasteiger partial charge in [-0.1, -0.05) is 6.92 Å². The molecule has 0 aromatic rings. The summed E-state index contributed by atoms with van der Waals surface area (Å²) in [5.41, 5.74) is 0. The Morgan fingerprint density at radius 3 is 2.55 bits per heavy atom. The number of rotatable bonds is 5. The molecule has 0 spiro atoms. The number of carbonyl (C=O) groups excluding carboxylic acids is 1. The minimum atomic E-state index is -0.834. The first-order chi connectivity index (χ1) is 9.58. The molecule has 2 aliphatic heterocycles. The molecule has 20 heavy (non-hydrogen) atoms. The van der Waals surface area contributed by atoms with Crippen molar-refractivity contribution < 1.29 is 19.4 Å². The van der Waals surface area contributed by atoms with Crippen LogP contribution in [-0.2, 0) is 14.3 Å². The van der Waals surface area contributed by atoms with Crippen molar-refractivity contribution in [3.05, 3.63) is 0 Å². The molecular formula is C14H24N2O4. The number of carbonyl (C=O) groups is 2. The van der Waals surface area contributed by atoms with Crippen LogP contribution in [0.3, 0.4) is 0 Å². The van der Waals surface area contributed by atoms with Crippen molar-refractivity contribution in [2.45, 2.75) is 44.8 Å². The summed E-state index contributed by atoms with van der Waals surface area (Å²) in [7, 11) is 0. The molecule has 6 nitrogen and oxygen atoms in total. The third-order valence-corrected chi connectivity index (χ3v) is 4.22. The monoisotopic (exact) mass is 284 g/mol. The van der Waals surface area contributed by atoms with Gasteiger partial charge in [0.1, 0.15) is 0 Å². The molecule has 2 rings (SSSR count). The maximum Gasteiger partial charge on any atom is 0.305 e. The molecule has 0 aromatic carbocycles. The summed E-state index contributed by atoms with van der Waals surface area (Å²) in [6, 6.07) is -0.0283. The maximum absolute atomic E-state index is 12.4. The Morgan fingerprint density at radius 1 is 1.30 bits per heavy atom. The highest BCUT2D eigenvalue weighted by Gasteiger charge is 2.34. The van der Waals surface area contributed by atoms with Gasteiger partial charge in [-0.05, 0) is 31.7 Å². The molecule has 2 saturated heterocycles. The van der Waals surface area contributed by atoms with E-state index in [0.717, 1.165) is 25.8 Å². The van der Waals surface area contributed by atoms with Crippen LogP contribution in [0, 0.1) is 5.92 Å². The van der Waals surface area contributed by atoms with Crippen LogP contribution in [0.4, 0.5) is 0 Å². The van der Waals surface area contributed by atoms with E-state index in [9.17, 15) is 9.59 Å². The van der Waals surface area contributed by atoms with Crippen molar-refractivity contribution in [3.63, 3.8) is 0 Å². The first-order valence-electron chi connectivity index (χ1n) is 7.43. The van der Waals surface area contributed by atoms with E-state index < -0.39 is 5.97 Å². The van der Waals surface area contributed by atoms with Crippen molar-refractivity contribution in [3.8, 4) is 0 Å². The van der Waals surface area contributed by atoms with E-state index in [1.54, 1.807) is 0 Å². The van der Waals surface area contributed by atoms with Gasteiger partial charge in [0.15, 0.2) is 0 Å². The van der Waals surface area contributed by atoms with E-state index in [4.69, 9.17) is 9.84 Å². The fourth-order valence-corrected chi connectivity index (χ4v) is 2.92. The average Bonchev–Trinajstić information content (AvgIpc) is 2.84. The van der Waals surface area contributed by atoms with Crippen LogP contribution in [0.15, 0.2) is 0 Å². The molecule has 0 radical (unpaired) electrons. The molecule has 6 heteroatoms. The smallest absolute Gasteiger partial charge is 0.305 e. The van der Waals surface area contributed by atoms with Gasteiger partial charge in [-0.25, -0.2) is 0 Å². The van der Waals surface area contributed by atoms with Crippen LogP contribution in [0.2, 0.25) is 0 Å². The van der Waals surface area contributed by atoms with E-state index in [1.165, 1.54) is 0 Å². The number of carboxylic acid groups (broad SMARTS) is 1. The number of hydrogen-bond acceptors (Lipinski definition) is 4. The summed E-state index contributed by atoms with van der Waals surface area (Å²) in [6.45, 7) is 4.72. The second-order valence-corrected chi connectivity index (χ2v) is 5.74. The fraction of sp³-hybridized carbons (Fsp3) is 0.857. The van der Waals surface area contributed by atoms with Crippen LogP contribution in [0.1, 0.15) is 32.6 Å². The van der Waals surface area contributed by atoms with Crippen molar-refractivity contribution >= 4 is 11.9 Å². The average molecular weight is 284 g/mol. The molecule has 2 N–H and O–H groups in total.